The molecule has 5 nitrogen and oxygen atoms in total. The molecule has 0 spiro atoms. The third-order valence-electron chi connectivity index (χ3n) is 7.54. The Hall–Kier alpha value is -3.60. The van der Waals surface area contributed by atoms with Crippen LogP contribution in [0.15, 0.2) is 60.8 Å². The van der Waals surface area contributed by atoms with Crippen LogP contribution < -0.4 is 10.2 Å². The standard InChI is InChI=1S/C30H29F6N5/c31-29(32,33)24-10-21(11-25(13-24)30(34,35)36)14-37-15-22-12-23-16-38-41(26-4-2-1-3-5-26)28(23)39-27(22)40(17-19-6-7-19)18-20-8-9-20/h1-5,10-13,16,19-20,37H,6-9,14-15,17-18H2. The molecule has 41 heavy (non-hydrogen) atoms. The molecule has 2 fully saturated rings. The van der Waals surface area contributed by atoms with Crippen LogP contribution in [0.25, 0.3) is 16.7 Å². The maximum Gasteiger partial charge on any atom is 0.416 e. The molecule has 6 rings (SSSR count). The smallest absolute Gasteiger partial charge is 0.356 e. The van der Waals surface area contributed by atoms with E-state index in [4.69, 9.17) is 4.98 Å². The summed E-state index contributed by atoms with van der Waals surface area (Å²) in [7, 11) is 0. The van der Waals surface area contributed by atoms with Crippen LogP contribution in [0.1, 0.15) is 47.9 Å². The first-order valence-electron chi connectivity index (χ1n) is 13.7. The third-order valence-corrected chi connectivity index (χ3v) is 7.54. The Balaban J connectivity index is 1.32. The summed E-state index contributed by atoms with van der Waals surface area (Å²) in [6, 6.07) is 13.3. The van der Waals surface area contributed by atoms with E-state index in [0.29, 0.717) is 17.5 Å². The van der Waals surface area contributed by atoms with Gasteiger partial charge in [0.1, 0.15) is 5.82 Å². The topological polar surface area (TPSA) is 46.0 Å². The number of para-hydroxylation sites is 1. The molecule has 2 aromatic carbocycles. The molecular formula is C30H29F6N5. The van der Waals surface area contributed by atoms with Gasteiger partial charge in [-0.15, -0.1) is 0 Å². The summed E-state index contributed by atoms with van der Waals surface area (Å²) < 4.78 is 81.9. The molecule has 0 unspecified atom stereocenters. The van der Waals surface area contributed by atoms with Gasteiger partial charge in [-0.3, -0.25) is 0 Å². The van der Waals surface area contributed by atoms with Crippen LogP contribution in [0, 0.1) is 11.8 Å². The lowest BCUT2D eigenvalue weighted by molar-refractivity contribution is -0.143. The third kappa shape index (κ3) is 6.50. The molecule has 0 atom stereocenters. The number of rotatable bonds is 10. The number of nitrogens with one attached hydrogen (secondary N) is 1. The summed E-state index contributed by atoms with van der Waals surface area (Å²) in [4.78, 5) is 7.39. The predicted molar refractivity (Wildman–Crippen MR) is 144 cm³/mol. The van der Waals surface area contributed by atoms with Crippen molar-refractivity contribution >= 4 is 16.9 Å². The molecule has 216 valence electrons. The molecule has 2 aromatic heterocycles. The maximum atomic E-state index is 13.3. The van der Waals surface area contributed by atoms with Crippen LogP contribution >= 0.6 is 0 Å². The number of fused-ring (bicyclic) bond motifs is 1. The zero-order chi connectivity index (χ0) is 28.8. The summed E-state index contributed by atoms with van der Waals surface area (Å²) in [6.45, 7) is 1.78. The first-order chi connectivity index (χ1) is 19.5. The average Bonchev–Trinajstić information content (AvgIpc) is 3.87. The molecule has 2 saturated carbocycles. The number of anilines is 1. The second kappa shape index (κ2) is 10.7. The summed E-state index contributed by atoms with van der Waals surface area (Å²) in [5, 5.41) is 8.43. The first-order valence-corrected chi connectivity index (χ1v) is 13.7. The Kier molecular flexibility index (Phi) is 7.17. The van der Waals surface area contributed by atoms with Gasteiger partial charge in [0, 0.05) is 37.1 Å². The molecule has 2 heterocycles. The van der Waals surface area contributed by atoms with Crippen LogP contribution in [0.2, 0.25) is 0 Å². The largest absolute Gasteiger partial charge is 0.416 e. The quantitative estimate of drug-likeness (QED) is 0.201. The summed E-state index contributed by atoms with van der Waals surface area (Å²) in [6.07, 6.45) is -3.40. The van der Waals surface area contributed by atoms with Crippen molar-refractivity contribution in [2.24, 2.45) is 11.8 Å². The monoisotopic (exact) mass is 573 g/mol. The van der Waals surface area contributed by atoms with Crippen LogP contribution in [0.3, 0.4) is 0 Å². The molecule has 2 aliphatic carbocycles. The van der Waals surface area contributed by atoms with Gasteiger partial charge < -0.3 is 10.2 Å². The molecule has 11 heteroatoms. The number of alkyl halides is 6. The molecule has 2 aliphatic rings. The minimum Gasteiger partial charge on any atom is -0.356 e. The van der Waals surface area contributed by atoms with E-state index in [1.807, 2.05) is 36.4 Å². The zero-order valence-corrected chi connectivity index (χ0v) is 22.1. The van der Waals surface area contributed by atoms with Crippen molar-refractivity contribution in [2.45, 2.75) is 51.1 Å². The molecule has 0 radical (unpaired) electrons. The Morgan fingerprint density at radius 1 is 0.805 bits per heavy atom. The van der Waals surface area contributed by atoms with Crippen LogP contribution in [0.4, 0.5) is 32.2 Å². The Morgan fingerprint density at radius 3 is 1.98 bits per heavy atom. The van der Waals surface area contributed by atoms with E-state index in [-0.39, 0.29) is 24.7 Å². The average molecular weight is 574 g/mol. The van der Waals surface area contributed by atoms with E-state index in [2.05, 4.69) is 15.3 Å². The minimum absolute atomic E-state index is 0.0903. The van der Waals surface area contributed by atoms with Crippen molar-refractivity contribution < 1.29 is 26.3 Å². The van der Waals surface area contributed by atoms with Gasteiger partial charge in [0.2, 0.25) is 0 Å². The van der Waals surface area contributed by atoms with E-state index in [0.717, 1.165) is 73.4 Å². The molecular weight excluding hydrogens is 544 g/mol. The summed E-state index contributed by atoms with van der Waals surface area (Å²) in [5.41, 5.74) is -0.337. The highest BCUT2D eigenvalue weighted by Gasteiger charge is 2.37. The fraction of sp³-hybridized carbons (Fsp3) is 0.400. The van der Waals surface area contributed by atoms with Crippen LogP contribution in [-0.2, 0) is 25.4 Å². The van der Waals surface area contributed by atoms with Crippen molar-refractivity contribution in [3.63, 3.8) is 0 Å². The number of aromatic nitrogens is 3. The van der Waals surface area contributed by atoms with Gasteiger partial charge in [-0.25, -0.2) is 9.67 Å². The molecule has 1 N–H and O–H groups in total. The number of nitrogens with zero attached hydrogens (tertiary/aromatic N) is 4. The molecule has 0 amide bonds. The van der Waals surface area contributed by atoms with Crippen LogP contribution in [0.5, 0.6) is 0 Å². The minimum atomic E-state index is -4.89. The van der Waals surface area contributed by atoms with Crippen molar-refractivity contribution in [3.8, 4) is 5.69 Å². The van der Waals surface area contributed by atoms with Crippen molar-refractivity contribution in [1.29, 1.82) is 0 Å². The number of halogens is 6. The van der Waals surface area contributed by atoms with Crippen LogP contribution in [-0.4, -0.2) is 27.9 Å². The van der Waals surface area contributed by atoms with Crippen molar-refractivity contribution in [3.05, 3.63) is 83.0 Å². The maximum absolute atomic E-state index is 13.3. The van der Waals surface area contributed by atoms with E-state index in [1.165, 1.54) is 0 Å². The number of hydrogen-bond donors (Lipinski definition) is 1. The SMILES string of the molecule is FC(F)(F)c1cc(CNCc2cc3cnn(-c4ccccc4)c3nc2N(CC2CC2)CC2CC2)cc(C(F)(F)F)c1. The normalized spacial score (nSPS) is 16.0. The van der Waals surface area contributed by atoms with Gasteiger partial charge in [-0.1, -0.05) is 18.2 Å². The highest BCUT2D eigenvalue weighted by atomic mass is 19.4. The van der Waals surface area contributed by atoms with Gasteiger partial charge in [0.05, 0.1) is 23.0 Å². The second-order valence-corrected chi connectivity index (χ2v) is 11.1. The lowest BCUT2D eigenvalue weighted by Crippen LogP contribution is -2.31. The fourth-order valence-electron chi connectivity index (χ4n) is 5.09. The zero-order valence-electron chi connectivity index (χ0n) is 22.1. The molecule has 4 aromatic rings. The number of benzene rings is 2. The van der Waals surface area contributed by atoms with E-state index >= 15 is 0 Å². The number of hydrogen-bond acceptors (Lipinski definition) is 4. The molecule has 0 saturated heterocycles. The summed E-state index contributed by atoms with van der Waals surface area (Å²) >= 11 is 0. The second-order valence-electron chi connectivity index (χ2n) is 11.1. The molecule has 0 bridgehead atoms. The van der Waals surface area contributed by atoms with Crippen molar-refractivity contribution in [1.82, 2.24) is 20.1 Å². The van der Waals surface area contributed by atoms with E-state index in [1.54, 1.807) is 10.9 Å². The first kappa shape index (κ1) is 27.6. The molecule has 0 aliphatic heterocycles. The fourth-order valence-corrected chi connectivity index (χ4v) is 5.09. The van der Waals surface area contributed by atoms with E-state index in [9.17, 15) is 26.3 Å². The highest BCUT2D eigenvalue weighted by molar-refractivity contribution is 5.80. The van der Waals surface area contributed by atoms with Gasteiger partial charge in [-0.2, -0.15) is 31.4 Å². The number of pyridine rings is 1. The predicted octanol–water partition coefficient (Wildman–Crippen LogP) is 7.37. The van der Waals surface area contributed by atoms with E-state index < -0.39 is 23.5 Å². The van der Waals surface area contributed by atoms with Gasteiger partial charge in [0.15, 0.2) is 5.65 Å². The van der Waals surface area contributed by atoms with Gasteiger partial charge in [0.25, 0.3) is 0 Å². The lowest BCUT2D eigenvalue weighted by Gasteiger charge is -2.26. The lowest BCUT2D eigenvalue weighted by atomic mass is 10.0. The van der Waals surface area contributed by atoms with Gasteiger partial charge in [-0.05, 0) is 79.5 Å². The Morgan fingerprint density at radius 2 is 1.41 bits per heavy atom. The van der Waals surface area contributed by atoms with Gasteiger partial charge >= 0.3 is 12.4 Å². The summed E-state index contributed by atoms with van der Waals surface area (Å²) in [5.74, 6) is 1.97. The Labute approximate surface area is 233 Å². The Bertz CT molecular complexity index is 1470. The highest BCUT2D eigenvalue weighted by Crippen LogP contribution is 2.38. The van der Waals surface area contributed by atoms with Crippen molar-refractivity contribution in [2.75, 3.05) is 18.0 Å².